The van der Waals surface area contributed by atoms with Crippen molar-refractivity contribution in [3.05, 3.63) is 24.3 Å². The van der Waals surface area contributed by atoms with Gasteiger partial charge in [-0.2, -0.15) is 0 Å². The molecule has 0 radical (unpaired) electrons. The lowest BCUT2D eigenvalue weighted by Gasteiger charge is -2.12. The largest absolute Gasteiger partial charge is 0.385 e. The topological polar surface area (TPSA) is 78.4 Å². The lowest BCUT2D eigenvalue weighted by molar-refractivity contribution is 0.00384. The van der Waals surface area contributed by atoms with Gasteiger partial charge in [0.15, 0.2) is 0 Å². The van der Waals surface area contributed by atoms with Crippen LogP contribution in [0.3, 0.4) is 0 Å². The standard InChI is InChI=1S/C10H14F2N2O3S/c1-13-18(16,17)8-4-2-7(3-5-8)14-6-9(15)10(11)12/h2-5,9-10,13-15H,6H2,1H3. The first kappa shape index (κ1) is 14.8. The van der Waals surface area contributed by atoms with Crippen LogP contribution in [0.4, 0.5) is 14.5 Å². The van der Waals surface area contributed by atoms with Crippen molar-refractivity contribution in [1.82, 2.24) is 4.72 Å². The van der Waals surface area contributed by atoms with Crippen LogP contribution in [0.2, 0.25) is 0 Å². The van der Waals surface area contributed by atoms with Gasteiger partial charge in [0, 0.05) is 12.2 Å². The molecule has 0 bridgehead atoms. The van der Waals surface area contributed by atoms with Crippen molar-refractivity contribution in [2.45, 2.75) is 17.4 Å². The Kier molecular flexibility index (Phi) is 5.00. The van der Waals surface area contributed by atoms with Gasteiger partial charge in [-0.3, -0.25) is 0 Å². The Morgan fingerprint density at radius 2 is 1.83 bits per heavy atom. The van der Waals surface area contributed by atoms with Gasteiger partial charge in [-0.15, -0.1) is 0 Å². The van der Waals surface area contributed by atoms with E-state index < -0.39 is 22.6 Å². The molecule has 0 spiro atoms. The predicted octanol–water partition coefficient (Wildman–Crippen LogP) is 0.633. The lowest BCUT2D eigenvalue weighted by Crippen LogP contribution is -2.26. The third-order valence-electron chi connectivity index (χ3n) is 2.24. The Bertz CT molecular complexity index is 476. The summed E-state index contributed by atoms with van der Waals surface area (Å²) in [6, 6.07) is 5.54. The van der Waals surface area contributed by atoms with Crippen molar-refractivity contribution in [3.8, 4) is 0 Å². The minimum absolute atomic E-state index is 0.0740. The average molecular weight is 280 g/mol. The van der Waals surface area contributed by atoms with E-state index in [0.717, 1.165) is 0 Å². The summed E-state index contributed by atoms with van der Waals surface area (Å²) in [5.74, 6) is 0. The molecule has 8 heteroatoms. The highest BCUT2D eigenvalue weighted by molar-refractivity contribution is 7.89. The molecule has 0 fully saturated rings. The van der Waals surface area contributed by atoms with Crippen molar-refractivity contribution < 1.29 is 22.3 Å². The molecule has 0 aliphatic carbocycles. The summed E-state index contributed by atoms with van der Waals surface area (Å²) in [6.45, 7) is -0.310. The Hall–Kier alpha value is -1.25. The fourth-order valence-electron chi connectivity index (χ4n) is 1.18. The molecule has 1 unspecified atom stereocenters. The van der Waals surface area contributed by atoms with E-state index in [0.29, 0.717) is 5.69 Å². The number of nitrogens with one attached hydrogen (secondary N) is 2. The van der Waals surface area contributed by atoms with Crippen molar-refractivity contribution in [3.63, 3.8) is 0 Å². The van der Waals surface area contributed by atoms with E-state index in [-0.39, 0.29) is 11.4 Å². The zero-order valence-corrected chi connectivity index (χ0v) is 10.4. The molecule has 0 aromatic heterocycles. The molecule has 1 aromatic rings. The smallest absolute Gasteiger partial charge is 0.265 e. The number of anilines is 1. The Morgan fingerprint density at radius 3 is 2.28 bits per heavy atom. The van der Waals surface area contributed by atoms with Gasteiger partial charge in [0.05, 0.1) is 4.90 Å². The number of hydrogen-bond donors (Lipinski definition) is 3. The van der Waals surface area contributed by atoms with E-state index in [1.165, 1.54) is 31.3 Å². The molecule has 5 nitrogen and oxygen atoms in total. The number of aliphatic hydroxyl groups excluding tert-OH is 1. The number of alkyl halides is 2. The number of halogens is 2. The van der Waals surface area contributed by atoms with Crippen LogP contribution >= 0.6 is 0 Å². The summed E-state index contributed by atoms with van der Waals surface area (Å²) in [4.78, 5) is 0.0740. The number of aliphatic hydroxyl groups is 1. The van der Waals surface area contributed by atoms with Gasteiger partial charge in [-0.05, 0) is 31.3 Å². The molecule has 102 valence electrons. The molecule has 1 rings (SSSR count). The van der Waals surface area contributed by atoms with Crippen LogP contribution < -0.4 is 10.0 Å². The number of benzene rings is 1. The van der Waals surface area contributed by atoms with Crippen molar-refractivity contribution >= 4 is 15.7 Å². The maximum absolute atomic E-state index is 12.0. The third-order valence-corrected chi connectivity index (χ3v) is 3.67. The fourth-order valence-corrected chi connectivity index (χ4v) is 1.91. The van der Waals surface area contributed by atoms with E-state index in [1.54, 1.807) is 0 Å². The van der Waals surface area contributed by atoms with Crippen LogP contribution in [0.5, 0.6) is 0 Å². The van der Waals surface area contributed by atoms with Crippen LogP contribution in [0, 0.1) is 0 Å². The first-order valence-corrected chi connectivity index (χ1v) is 6.59. The monoisotopic (exact) mass is 280 g/mol. The van der Waals surface area contributed by atoms with Crippen LogP contribution in [0.15, 0.2) is 29.2 Å². The van der Waals surface area contributed by atoms with Crippen LogP contribution in [0.25, 0.3) is 0 Å². The highest BCUT2D eigenvalue weighted by Crippen LogP contribution is 2.14. The van der Waals surface area contributed by atoms with Crippen molar-refractivity contribution in [1.29, 1.82) is 0 Å². The molecule has 0 heterocycles. The molecule has 0 amide bonds. The number of hydrogen-bond acceptors (Lipinski definition) is 4. The van der Waals surface area contributed by atoms with Gasteiger partial charge in [-0.1, -0.05) is 0 Å². The fraction of sp³-hybridized carbons (Fsp3) is 0.400. The van der Waals surface area contributed by atoms with Gasteiger partial charge in [0.1, 0.15) is 6.10 Å². The summed E-state index contributed by atoms with van der Waals surface area (Å²) in [6.07, 6.45) is -4.58. The maximum Gasteiger partial charge on any atom is 0.265 e. The van der Waals surface area contributed by atoms with E-state index in [9.17, 15) is 17.2 Å². The Morgan fingerprint density at radius 1 is 1.28 bits per heavy atom. The Labute approximate surface area is 104 Å². The highest BCUT2D eigenvalue weighted by atomic mass is 32.2. The second-order valence-corrected chi connectivity index (χ2v) is 5.40. The molecule has 0 aliphatic rings. The van der Waals surface area contributed by atoms with Crippen LogP contribution in [0.1, 0.15) is 0 Å². The first-order chi connectivity index (χ1) is 8.36. The lowest BCUT2D eigenvalue weighted by atomic mass is 10.3. The van der Waals surface area contributed by atoms with E-state index in [1.807, 2.05) is 0 Å². The predicted molar refractivity (Wildman–Crippen MR) is 63.2 cm³/mol. The molecule has 3 N–H and O–H groups in total. The number of rotatable bonds is 6. The molecule has 1 atom stereocenters. The van der Waals surface area contributed by atoms with Gasteiger partial charge >= 0.3 is 0 Å². The second kappa shape index (κ2) is 6.07. The summed E-state index contributed by atoms with van der Waals surface area (Å²) in [7, 11) is -2.21. The normalized spacial score (nSPS) is 13.6. The van der Waals surface area contributed by atoms with Crippen molar-refractivity contribution in [2.75, 3.05) is 18.9 Å². The maximum atomic E-state index is 12.0. The average Bonchev–Trinajstić information content (AvgIpc) is 2.36. The second-order valence-electron chi connectivity index (χ2n) is 3.51. The zero-order chi connectivity index (χ0) is 13.8. The van der Waals surface area contributed by atoms with Crippen LogP contribution in [-0.4, -0.2) is 39.6 Å². The molecular weight excluding hydrogens is 266 g/mol. The first-order valence-electron chi connectivity index (χ1n) is 5.10. The van der Waals surface area contributed by atoms with Gasteiger partial charge < -0.3 is 10.4 Å². The van der Waals surface area contributed by atoms with Gasteiger partial charge in [0.2, 0.25) is 10.0 Å². The number of sulfonamides is 1. The SMILES string of the molecule is CNS(=O)(=O)c1ccc(NCC(O)C(F)F)cc1. The third kappa shape index (κ3) is 3.90. The zero-order valence-electron chi connectivity index (χ0n) is 9.60. The minimum Gasteiger partial charge on any atom is -0.385 e. The minimum atomic E-state index is -3.51. The summed E-state index contributed by atoms with van der Waals surface area (Å²) < 4.78 is 49.0. The Balaban J connectivity index is 2.67. The summed E-state index contributed by atoms with van der Waals surface area (Å²) >= 11 is 0. The molecule has 0 aliphatic heterocycles. The van der Waals surface area contributed by atoms with Crippen molar-refractivity contribution in [2.24, 2.45) is 0 Å². The van der Waals surface area contributed by atoms with Gasteiger partial charge in [0.25, 0.3) is 6.43 Å². The highest BCUT2D eigenvalue weighted by Gasteiger charge is 2.16. The molecular formula is C10H14F2N2O3S. The molecule has 0 saturated carbocycles. The van der Waals surface area contributed by atoms with Gasteiger partial charge in [-0.25, -0.2) is 21.9 Å². The van der Waals surface area contributed by atoms with E-state index in [4.69, 9.17) is 5.11 Å². The quantitative estimate of drug-likeness (QED) is 0.714. The summed E-state index contributed by atoms with van der Waals surface area (Å²) in [5.41, 5.74) is 0.449. The molecule has 0 saturated heterocycles. The van der Waals surface area contributed by atoms with Crippen LogP contribution in [-0.2, 0) is 10.0 Å². The van der Waals surface area contributed by atoms with E-state index >= 15 is 0 Å². The van der Waals surface area contributed by atoms with E-state index in [2.05, 4.69) is 10.0 Å². The molecule has 1 aromatic carbocycles. The molecule has 18 heavy (non-hydrogen) atoms. The summed E-state index contributed by atoms with van der Waals surface area (Å²) in [5, 5.41) is 11.5.